The molecule has 0 aliphatic carbocycles. The maximum absolute atomic E-state index is 11.7. The summed E-state index contributed by atoms with van der Waals surface area (Å²) >= 11 is 0. The van der Waals surface area contributed by atoms with Gasteiger partial charge in [-0.25, -0.2) is 8.42 Å². The number of sulfone groups is 1. The van der Waals surface area contributed by atoms with Gasteiger partial charge in [0, 0.05) is 38.0 Å². The third-order valence-electron chi connectivity index (χ3n) is 3.74. The number of rotatable bonds is 9. The van der Waals surface area contributed by atoms with Crippen LogP contribution in [0.1, 0.15) is 36.2 Å². The average molecular weight is 510 g/mol. The van der Waals surface area contributed by atoms with Crippen molar-refractivity contribution in [2.24, 2.45) is 4.99 Å². The number of benzene rings is 1. The number of carbonyl (C=O) groups excluding carboxylic acids is 1. The molecule has 7 nitrogen and oxygen atoms in total. The highest BCUT2D eigenvalue weighted by Crippen LogP contribution is 2.06. The second kappa shape index (κ2) is 12.9. The van der Waals surface area contributed by atoms with E-state index in [2.05, 4.69) is 20.9 Å². The van der Waals surface area contributed by atoms with Gasteiger partial charge in [-0.1, -0.05) is 12.1 Å². The van der Waals surface area contributed by atoms with Gasteiger partial charge < -0.3 is 16.0 Å². The monoisotopic (exact) mass is 510 g/mol. The van der Waals surface area contributed by atoms with E-state index < -0.39 is 9.84 Å². The van der Waals surface area contributed by atoms with E-state index in [1.165, 1.54) is 6.26 Å². The molecule has 1 rings (SSSR count). The number of nitrogens with one attached hydrogen (secondary N) is 3. The van der Waals surface area contributed by atoms with Gasteiger partial charge in [0.05, 0.1) is 5.75 Å². The molecular weight excluding hydrogens is 479 g/mol. The molecule has 154 valence electrons. The Hall–Kier alpha value is -1.36. The molecule has 1 aromatic rings. The van der Waals surface area contributed by atoms with E-state index >= 15 is 0 Å². The van der Waals surface area contributed by atoms with Crippen molar-refractivity contribution >= 4 is 45.7 Å². The topological polar surface area (TPSA) is 99.7 Å². The zero-order valence-electron chi connectivity index (χ0n) is 16.4. The Kier molecular flexibility index (Phi) is 12.3. The summed E-state index contributed by atoms with van der Waals surface area (Å²) < 4.78 is 22.5. The summed E-state index contributed by atoms with van der Waals surface area (Å²) in [7, 11) is -1.36. The van der Waals surface area contributed by atoms with Crippen LogP contribution in [0.5, 0.6) is 0 Å². The van der Waals surface area contributed by atoms with Gasteiger partial charge in [0.15, 0.2) is 5.96 Å². The lowest BCUT2D eigenvalue weighted by molar-refractivity contribution is 0.0963. The van der Waals surface area contributed by atoms with Crippen LogP contribution in [0.2, 0.25) is 0 Å². The van der Waals surface area contributed by atoms with Gasteiger partial charge in [0.1, 0.15) is 9.84 Å². The van der Waals surface area contributed by atoms with Crippen LogP contribution < -0.4 is 16.0 Å². The fourth-order valence-corrected chi connectivity index (χ4v) is 3.11. The van der Waals surface area contributed by atoms with E-state index in [-0.39, 0.29) is 41.7 Å². The second-order valence-corrected chi connectivity index (χ2v) is 8.51. The van der Waals surface area contributed by atoms with Gasteiger partial charge in [0.25, 0.3) is 5.91 Å². The summed E-state index contributed by atoms with van der Waals surface area (Å²) in [5.41, 5.74) is 1.67. The molecule has 0 bridgehead atoms. The molecule has 0 aromatic heterocycles. The SMILES string of the molecule is CCNC(=NCCc1cccc(C(=O)NC)c1)NC(C)CCS(C)(=O)=O.I. The molecule has 0 aliphatic rings. The lowest BCUT2D eigenvalue weighted by Gasteiger charge is -2.17. The maximum Gasteiger partial charge on any atom is 0.251 e. The molecule has 1 aromatic carbocycles. The quantitative estimate of drug-likeness (QED) is 0.266. The van der Waals surface area contributed by atoms with Crippen molar-refractivity contribution in [3.63, 3.8) is 0 Å². The summed E-state index contributed by atoms with van der Waals surface area (Å²) in [6.45, 7) is 5.19. The lowest BCUT2D eigenvalue weighted by Crippen LogP contribution is -2.43. The molecular formula is C18H31IN4O3S. The summed E-state index contributed by atoms with van der Waals surface area (Å²) in [4.78, 5) is 16.2. The van der Waals surface area contributed by atoms with E-state index in [0.717, 1.165) is 12.1 Å². The molecule has 3 N–H and O–H groups in total. The van der Waals surface area contributed by atoms with Crippen molar-refractivity contribution in [3.05, 3.63) is 35.4 Å². The average Bonchev–Trinajstić information content (AvgIpc) is 2.59. The van der Waals surface area contributed by atoms with Crippen molar-refractivity contribution in [1.82, 2.24) is 16.0 Å². The number of guanidine groups is 1. The number of nitrogens with zero attached hydrogens (tertiary/aromatic N) is 1. The van der Waals surface area contributed by atoms with E-state index in [1.54, 1.807) is 13.1 Å². The molecule has 0 heterocycles. The van der Waals surface area contributed by atoms with Crippen LogP contribution in [0.15, 0.2) is 29.3 Å². The van der Waals surface area contributed by atoms with Gasteiger partial charge in [-0.05, 0) is 44.4 Å². The van der Waals surface area contributed by atoms with Crippen LogP contribution in [0, 0.1) is 0 Å². The van der Waals surface area contributed by atoms with Crippen LogP contribution in [-0.4, -0.2) is 58.5 Å². The van der Waals surface area contributed by atoms with E-state index in [9.17, 15) is 13.2 Å². The normalized spacial score (nSPS) is 12.7. The lowest BCUT2D eigenvalue weighted by atomic mass is 10.1. The Labute approximate surface area is 179 Å². The number of hydrogen-bond acceptors (Lipinski definition) is 4. The van der Waals surface area contributed by atoms with Gasteiger partial charge in [-0.15, -0.1) is 24.0 Å². The van der Waals surface area contributed by atoms with Crippen LogP contribution in [-0.2, 0) is 16.3 Å². The molecule has 0 aliphatic heterocycles. The Morgan fingerprint density at radius 3 is 2.59 bits per heavy atom. The van der Waals surface area contributed by atoms with E-state index in [4.69, 9.17) is 0 Å². The number of carbonyl (C=O) groups is 1. The number of hydrogen-bond donors (Lipinski definition) is 3. The van der Waals surface area contributed by atoms with Gasteiger partial charge >= 0.3 is 0 Å². The Morgan fingerprint density at radius 2 is 2.00 bits per heavy atom. The molecule has 0 saturated heterocycles. The molecule has 9 heteroatoms. The standard InChI is InChI=1S/C18H30N4O3S.HI/c1-5-20-18(22-14(2)10-12-26(4,24)25)21-11-9-15-7-6-8-16(13-15)17(23)19-3;/h6-8,13-14H,5,9-12H2,1-4H3,(H,19,23)(H2,20,21,22);1H. The summed E-state index contributed by atoms with van der Waals surface area (Å²) in [5.74, 6) is 0.702. The predicted octanol–water partition coefficient (Wildman–Crippen LogP) is 1.58. The summed E-state index contributed by atoms with van der Waals surface area (Å²) in [5, 5.41) is 9.00. The molecule has 27 heavy (non-hydrogen) atoms. The maximum atomic E-state index is 11.7. The van der Waals surface area contributed by atoms with Crippen LogP contribution in [0.25, 0.3) is 0 Å². The van der Waals surface area contributed by atoms with E-state index in [0.29, 0.717) is 30.9 Å². The predicted molar refractivity (Wildman–Crippen MR) is 122 cm³/mol. The van der Waals surface area contributed by atoms with Crippen molar-refractivity contribution < 1.29 is 13.2 Å². The van der Waals surface area contributed by atoms with Crippen molar-refractivity contribution in [2.45, 2.75) is 32.7 Å². The minimum Gasteiger partial charge on any atom is -0.357 e. The zero-order chi connectivity index (χ0) is 19.6. The molecule has 0 fully saturated rings. The smallest absolute Gasteiger partial charge is 0.251 e. The fourth-order valence-electron chi connectivity index (χ4n) is 2.33. The first-order chi connectivity index (χ1) is 12.2. The van der Waals surface area contributed by atoms with Gasteiger partial charge in [-0.2, -0.15) is 0 Å². The largest absolute Gasteiger partial charge is 0.357 e. The molecule has 0 saturated carbocycles. The van der Waals surface area contributed by atoms with Gasteiger partial charge in [0.2, 0.25) is 0 Å². The third-order valence-corrected chi connectivity index (χ3v) is 4.71. The van der Waals surface area contributed by atoms with E-state index in [1.807, 2.05) is 32.0 Å². The first-order valence-electron chi connectivity index (χ1n) is 8.78. The highest BCUT2D eigenvalue weighted by molar-refractivity contribution is 14.0. The summed E-state index contributed by atoms with van der Waals surface area (Å²) in [6.07, 6.45) is 2.47. The summed E-state index contributed by atoms with van der Waals surface area (Å²) in [6, 6.07) is 7.47. The molecule has 1 atom stereocenters. The Morgan fingerprint density at radius 1 is 1.30 bits per heavy atom. The van der Waals surface area contributed by atoms with Crippen molar-refractivity contribution in [2.75, 3.05) is 32.1 Å². The molecule has 0 radical (unpaired) electrons. The number of halogens is 1. The van der Waals surface area contributed by atoms with Crippen molar-refractivity contribution in [1.29, 1.82) is 0 Å². The van der Waals surface area contributed by atoms with Crippen molar-refractivity contribution in [3.8, 4) is 0 Å². The first kappa shape index (κ1) is 25.6. The highest BCUT2D eigenvalue weighted by atomic mass is 127. The minimum atomic E-state index is -2.97. The number of aliphatic imine (C=N–C) groups is 1. The first-order valence-corrected chi connectivity index (χ1v) is 10.8. The van der Waals surface area contributed by atoms with Gasteiger partial charge in [-0.3, -0.25) is 9.79 Å². The van der Waals surface area contributed by atoms with Crippen LogP contribution in [0.4, 0.5) is 0 Å². The fraction of sp³-hybridized carbons (Fsp3) is 0.556. The van der Waals surface area contributed by atoms with Crippen LogP contribution in [0.3, 0.4) is 0 Å². The number of amides is 1. The highest BCUT2D eigenvalue weighted by Gasteiger charge is 2.09. The Balaban J connectivity index is 0.00000676. The molecule has 1 unspecified atom stereocenters. The third kappa shape index (κ3) is 11.2. The minimum absolute atomic E-state index is 0. The molecule has 1 amide bonds. The van der Waals surface area contributed by atoms with Crippen LogP contribution >= 0.6 is 24.0 Å². The zero-order valence-corrected chi connectivity index (χ0v) is 19.6. The second-order valence-electron chi connectivity index (χ2n) is 6.25. The Bertz CT molecular complexity index is 723. The molecule has 0 spiro atoms.